The van der Waals surface area contributed by atoms with Crippen molar-refractivity contribution in [2.24, 2.45) is 51.2 Å². The van der Waals surface area contributed by atoms with Gasteiger partial charge in [-0.1, -0.05) is 20.8 Å². The first-order chi connectivity index (χ1) is 19.7. The SMILES string of the molecule is CC1(C)C2CCC3C4CC5OC(CC#N)CC[C@@H]5C4(C)CC[C@]34CC24CC[C@@H]1OC1CN(C(=O)CC2CC2)CCO1. The van der Waals surface area contributed by atoms with Crippen molar-refractivity contribution < 1.29 is 19.0 Å². The molecular formula is C35H52N2O4. The molecule has 41 heavy (non-hydrogen) atoms. The first-order valence-corrected chi connectivity index (χ1v) is 17.3. The van der Waals surface area contributed by atoms with Gasteiger partial charge in [0.1, 0.15) is 0 Å². The number of ether oxygens (including phenoxy) is 3. The minimum absolute atomic E-state index is 0.119. The molecule has 8 fully saturated rings. The zero-order chi connectivity index (χ0) is 28.2. The highest BCUT2D eigenvalue weighted by atomic mass is 16.7. The molecule has 0 radical (unpaired) electrons. The Kier molecular flexibility index (Phi) is 6.29. The number of hydrogen-bond donors (Lipinski definition) is 0. The predicted molar refractivity (Wildman–Crippen MR) is 154 cm³/mol. The number of nitrogens with zero attached hydrogens (tertiary/aromatic N) is 2. The van der Waals surface area contributed by atoms with Gasteiger partial charge in [-0.15, -0.1) is 0 Å². The van der Waals surface area contributed by atoms with E-state index >= 15 is 0 Å². The number of hydrogen-bond acceptors (Lipinski definition) is 5. The van der Waals surface area contributed by atoms with Crippen LogP contribution in [0.25, 0.3) is 0 Å². The van der Waals surface area contributed by atoms with Crippen LogP contribution in [0.2, 0.25) is 0 Å². The van der Waals surface area contributed by atoms with Gasteiger partial charge in [0.25, 0.3) is 0 Å². The van der Waals surface area contributed by atoms with Gasteiger partial charge in [-0.25, -0.2) is 0 Å². The molecule has 11 atom stereocenters. The zero-order valence-corrected chi connectivity index (χ0v) is 25.7. The molecule has 6 heteroatoms. The van der Waals surface area contributed by atoms with E-state index in [0.29, 0.717) is 78.5 Å². The van der Waals surface area contributed by atoms with E-state index < -0.39 is 0 Å². The highest BCUT2D eigenvalue weighted by Crippen LogP contribution is 2.87. The van der Waals surface area contributed by atoms with Gasteiger partial charge in [0.15, 0.2) is 6.29 Å². The Balaban J connectivity index is 0.962. The number of nitriles is 1. The van der Waals surface area contributed by atoms with Crippen LogP contribution in [0.4, 0.5) is 0 Å². The third-order valence-electron chi connectivity index (χ3n) is 14.8. The Bertz CT molecular complexity index is 1110. The lowest BCUT2D eigenvalue weighted by Gasteiger charge is -2.60. The zero-order valence-electron chi connectivity index (χ0n) is 25.7. The van der Waals surface area contributed by atoms with Gasteiger partial charge in [0.2, 0.25) is 5.91 Å². The molecule has 8 unspecified atom stereocenters. The van der Waals surface area contributed by atoms with Crippen LogP contribution in [0.15, 0.2) is 0 Å². The Morgan fingerprint density at radius 3 is 2.61 bits per heavy atom. The van der Waals surface area contributed by atoms with Gasteiger partial charge in [-0.2, -0.15) is 5.26 Å². The average molecular weight is 565 g/mol. The van der Waals surface area contributed by atoms with Crippen LogP contribution in [0.5, 0.6) is 0 Å². The van der Waals surface area contributed by atoms with Gasteiger partial charge in [0, 0.05) is 13.0 Å². The largest absolute Gasteiger partial charge is 0.374 e. The van der Waals surface area contributed by atoms with Crippen molar-refractivity contribution in [1.82, 2.24) is 4.90 Å². The number of amides is 1. The number of carbonyl (C=O) groups is 1. The number of morpholine rings is 1. The van der Waals surface area contributed by atoms with E-state index in [9.17, 15) is 10.1 Å². The molecule has 0 aromatic rings. The number of carbonyl (C=O) groups excluding carboxylic acids is 1. The van der Waals surface area contributed by atoms with Crippen LogP contribution < -0.4 is 0 Å². The molecule has 0 aromatic carbocycles. The predicted octanol–water partition coefficient (Wildman–Crippen LogP) is 6.48. The molecule has 2 spiro atoms. The maximum absolute atomic E-state index is 12.8. The summed E-state index contributed by atoms with van der Waals surface area (Å²) in [5.74, 6) is 3.97. The summed E-state index contributed by atoms with van der Waals surface area (Å²) in [6.45, 7) is 9.52. The maximum atomic E-state index is 12.8. The standard InChI is InChI=1S/C35H52N2O4/c1-32(2)28-9-8-24-26-19-27-25(7-6-23(40-27)11-15-36)33(26,3)13-14-34(24)21-35(28,34)12-10-29(32)41-31-20-37(16-17-39-31)30(38)18-22-4-5-22/h22-29,31H,4-14,16-21H2,1-3H3/t23?,24?,25-,26?,27?,28?,29-,31?,33?,34-,35?/m0/s1. The van der Waals surface area contributed by atoms with Crippen molar-refractivity contribution >= 4 is 5.91 Å². The summed E-state index contributed by atoms with van der Waals surface area (Å²) in [6, 6.07) is 2.37. The van der Waals surface area contributed by atoms with Gasteiger partial charge in [-0.05, 0) is 128 Å². The van der Waals surface area contributed by atoms with E-state index in [1.54, 1.807) is 0 Å². The molecule has 0 N–H and O–H groups in total. The van der Waals surface area contributed by atoms with Crippen molar-refractivity contribution in [1.29, 1.82) is 5.26 Å². The molecule has 0 aromatic heterocycles. The van der Waals surface area contributed by atoms with Crippen LogP contribution in [-0.4, -0.2) is 55.1 Å². The van der Waals surface area contributed by atoms with E-state index in [4.69, 9.17) is 14.2 Å². The fourth-order valence-corrected chi connectivity index (χ4v) is 12.6. The van der Waals surface area contributed by atoms with Crippen LogP contribution in [0.3, 0.4) is 0 Å². The highest BCUT2D eigenvalue weighted by molar-refractivity contribution is 5.76. The van der Waals surface area contributed by atoms with E-state index in [2.05, 4.69) is 26.8 Å². The van der Waals surface area contributed by atoms with Gasteiger partial charge < -0.3 is 19.1 Å². The summed E-state index contributed by atoms with van der Waals surface area (Å²) >= 11 is 0. The molecular weight excluding hydrogens is 512 g/mol. The second kappa shape index (κ2) is 9.42. The van der Waals surface area contributed by atoms with Crippen molar-refractivity contribution in [2.45, 2.75) is 135 Å². The molecule has 2 heterocycles. The molecule has 6 saturated carbocycles. The van der Waals surface area contributed by atoms with Crippen LogP contribution in [0.1, 0.15) is 111 Å². The summed E-state index contributed by atoms with van der Waals surface area (Å²) < 4.78 is 19.6. The molecule has 2 aliphatic heterocycles. The van der Waals surface area contributed by atoms with Crippen molar-refractivity contribution in [3.8, 4) is 6.07 Å². The molecule has 2 saturated heterocycles. The van der Waals surface area contributed by atoms with Crippen molar-refractivity contribution in [3.63, 3.8) is 0 Å². The number of fused-ring (bicyclic) bond motifs is 4. The first-order valence-electron chi connectivity index (χ1n) is 17.3. The Morgan fingerprint density at radius 1 is 0.976 bits per heavy atom. The topological polar surface area (TPSA) is 71.8 Å². The lowest BCUT2D eigenvalue weighted by Crippen LogP contribution is -2.56. The van der Waals surface area contributed by atoms with E-state index in [1.807, 2.05) is 4.90 Å². The minimum atomic E-state index is -0.281. The molecule has 1 amide bonds. The van der Waals surface area contributed by atoms with Crippen molar-refractivity contribution in [3.05, 3.63) is 0 Å². The third kappa shape index (κ3) is 4.00. The number of rotatable bonds is 5. The quantitative estimate of drug-likeness (QED) is 0.382. The molecule has 8 rings (SSSR count). The summed E-state index contributed by atoms with van der Waals surface area (Å²) in [4.78, 5) is 14.8. The molecule has 6 nitrogen and oxygen atoms in total. The first kappa shape index (κ1) is 27.4. The normalized spacial score (nSPS) is 51.3. The Morgan fingerprint density at radius 2 is 1.80 bits per heavy atom. The summed E-state index contributed by atoms with van der Waals surface area (Å²) in [5, 5.41) is 9.27. The van der Waals surface area contributed by atoms with Gasteiger partial charge in [0.05, 0.1) is 44.0 Å². The van der Waals surface area contributed by atoms with Crippen molar-refractivity contribution in [2.75, 3.05) is 19.7 Å². The van der Waals surface area contributed by atoms with Crippen LogP contribution in [-0.2, 0) is 19.0 Å². The molecule has 226 valence electrons. The molecule has 0 bridgehead atoms. The lowest BCUT2D eigenvalue weighted by molar-refractivity contribution is -0.244. The second-order valence-corrected chi connectivity index (χ2v) is 16.7. The minimum Gasteiger partial charge on any atom is -0.374 e. The lowest BCUT2D eigenvalue weighted by atomic mass is 9.46. The van der Waals surface area contributed by atoms with E-state index in [0.717, 1.165) is 24.7 Å². The fraction of sp³-hybridized carbons (Fsp3) is 0.943. The summed E-state index contributed by atoms with van der Waals surface area (Å²) in [7, 11) is 0. The average Bonchev–Trinajstić information content (AvgIpc) is 3.86. The fourth-order valence-electron chi connectivity index (χ4n) is 12.6. The monoisotopic (exact) mass is 564 g/mol. The van der Waals surface area contributed by atoms with Crippen LogP contribution >= 0.6 is 0 Å². The Hall–Kier alpha value is -1.16. The van der Waals surface area contributed by atoms with Gasteiger partial charge in [-0.3, -0.25) is 4.79 Å². The highest BCUT2D eigenvalue weighted by Gasteiger charge is 2.80. The molecule has 8 aliphatic rings. The second-order valence-electron chi connectivity index (χ2n) is 16.7. The van der Waals surface area contributed by atoms with E-state index in [-0.39, 0.29) is 23.9 Å². The molecule has 6 aliphatic carbocycles. The Labute approximate surface area is 247 Å². The summed E-state index contributed by atoms with van der Waals surface area (Å²) in [5.41, 5.74) is 1.58. The maximum Gasteiger partial charge on any atom is 0.223 e. The van der Waals surface area contributed by atoms with Gasteiger partial charge >= 0.3 is 0 Å². The van der Waals surface area contributed by atoms with Crippen LogP contribution in [0, 0.1) is 62.6 Å². The third-order valence-corrected chi connectivity index (χ3v) is 14.8. The van der Waals surface area contributed by atoms with E-state index in [1.165, 1.54) is 64.2 Å². The summed E-state index contributed by atoms with van der Waals surface area (Å²) in [6.07, 6.45) is 17.1. The smallest absolute Gasteiger partial charge is 0.223 e.